The van der Waals surface area contributed by atoms with Crippen LogP contribution in [0.5, 0.6) is 0 Å². The minimum Gasteiger partial charge on any atom is -0.247 e. The van der Waals surface area contributed by atoms with Crippen molar-refractivity contribution in [1.82, 2.24) is 34.9 Å². The van der Waals surface area contributed by atoms with Crippen LogP contribution in [0.25, 0.3) is 178 Å². The van der Waals surface area contributed by atoms with E-state index in [2.05, 4.69) is 346 Å². The lowest BCUT2D eigenvalue weighted by Crippen LogP contribution is -2.32. The molecule has 0 bridgehead atoms. The molecule has 0 atom stereocenters. The van der Waals surface area contributed by atoms with Crippen molar-refractivity contribution in [3.63, 3.8) is 0 Å². The summed E-state index contributed by atoms with van der Waals surface area (Å²) in [5, 5.41) is 6.67. The van der Waals surface area contributed by atoms with Gasteiger partial charge in [-0.1, -0.05) is 369 Å². The average Bonchev–Trinajstić information content (AvgIpc) is 1.51. The van der Waals surface area contributed by atoms with Crippen molar-refractivity contribution >= 4 is 66.9 Å². The lowest BCUT2D eigenvalue weighted by atomic mass is 9.67. The molecule has 122 heavy (non-hydrogen) atoms. The summed E-state index contributed by atoms with van der Waals surface area (Å²) in [5.74, 6) is 2.44. The zero-order valence-electron chi connectivity index (χ0n) is 65.6. The largest absolute Gasteiger partial charge is 0.247 e. The van der Waals surface area contributed by atoms with Gasteiger partial charge in [0, 0.05) is 85.6 Å². The van der Waals surface area contributed by atoms with Gasteiger partial charge >= 0.3 is 0 Å². The van der Waals surface area contributed by atoms with Crippen LogP contribution in [0.15, 0.2) is 426 Å². The monoisotopic (exact) mass is 1590 g/mol. The maximum absolute atomic E-state index is 5.68. The molecule has 0 amide bonds. The highest BCUT2D eigenvalue weighted by molar-refractivity contribution is 7.99. The highest BCUT2D eigenvalue weighted by Crippen LogP contribution is 2.65. The van der Waals surface area contributed by atoms with E-state index < -0.39 is 10.8 Å². The predicted octanol–water partition coefficient (Wildman–Crippen LogP) is 28.4. The van der Waals surface area contributed by atoms with Gasteiger partial charge in [0.1, 0.15) is 0 Å². The average molecular weight is 1590 g/mol. The maximum Gasteiger partial charge on any atom is 0.164 e. The summed E-state index contributed by atoms with van der Waals surface area (Å²) in [7, 11) is 0. The van der Waals surface area contributed by atoms with Gasteiger partial charge in [-0.3, -0.25) is 0 Å². The van der Waals surface area contributed by atoms with Crippen molar-refractivity contribution in [2.24, 2.45) is 0 Å². The second kappa shape index (κ2) is 27.7. The van der Waals surface area contributed by atoms with Gasteiger partial charge in [-0.05, 0) is 160 Å². The fourth-order valence-corrected chi connectivity index (χ4v) is 22.4. The van der Waals surface area contributed by atoms with Crippen LogP contribution >= 0.6 is 23.5 Å². The van der Waals surface area contributed by atoms with Gasteiger partial charge in [-0.2, -0.15) is 0 Å². The van der Waals surface area contributed by atoms with E-state index in [-0.39, 0.29) is 0 Å². The first-order valence-corrected chi connectivity index (χ1v) is 43.0. The molecule has 21 aromatic rings. The first-order chi connectivity index (χ1) is 60.4. The summed E-state index contributed by atoms with van der Waals surface area (Å²) in [4.78, 5) is 42.5. The molecule has 0 unspecified atom stereocenters. The molecule has 0 N–H and O–H groups in total. The summed E-state index contributed by atoms with van der Waals surface area (Å²) in [6.45, 7) is 0. The van der Waals surface area contributed by atoms with Crippen LogP contribution in [-0.4, -0.2) is 34.9 Å². The van der Waals surface area contributed by atoms with E-state index in [4.69, 9.17) is 34.9 Å². The lowest BCUT2D eigenvalue weighted by Gasteiger charge is -2.40. The van der Waals surface area contributed by atoms with Crippen LogP contribution in [0.1, 0.15) is 44.5 Å². The fraction of sp³-hybridized carbons (Fsp3) is 0.0177. The van der Waals surface area contributed by atoms with Crippen LogP contribution in [0.3, 0.4) is 0 Å². The number of aromatic nitrogens is 7. The Kier molecular flexibility index (Phi) is 15.9. The number of nitrogens with zero attached hydrogens (tertiary/aromatic N) is 7. The Morgan fingerprint density at radius 2 is 0.500 bits per heavy atom. The number of fused-ring (bicyclic) bond motifs is 24. The Morgan fingerprint density at radius 3 is 1.02 bits per heavy atom. The summed E-state index contributed by atoms with van der Waals surface area (Å²) in [6, 6.07) is 148. The third-order valence-electron chi connectivity index (χ3n) is 25.4. The standard InChI is InChI=1S/C113H67N7S2/c1-6-27-69(28-7-1)98-67-99(78-38-26-37-75(59-78)76-53-56-84-86-63-96-104(65-88(86)106(114-100(84)60-76)70-29-8-2-9-30-70)121-102-48-25-24-47-94(102)112(96)90-43-20-16-39-80(90)81-40-17-21-44-91(81)112)117-108(116-98)74-51-49-68(50-52-74)77-55-58-95-103(62-77)122-105-66-89-87(64-97(105)113(95)92-45-22-18-41-82(92)83-42-19-23-46-93(83)113)85-57-54-79(61-101(85)115-107(89)71-31-10-3-11-32-71)111-119-109(72-33-12-4-13-34-72)118-110(120-111)73-35-14-5-15-36-73/h1-67H. The Morgan fingerprint density at radius 1 is 0.164 bits per heavy atom. The van der Waals surface area contributed by atoms with E-state index in [0.29, 0.717) is 23.3 Å². The fourth-order valence-electron chi connectivity index (χ4n) is 20.0. The Bertz CT molecular complexity index is 7790. The van der Waals surface area contributed by atoms with Gasteiger partial charge in [-0.25, -0.2) is 34.9 Å². The Hall–Kier alpha value is -15.1. The van der Waals surface area contributed by atoms with Gasteiger partial charge < -0.3 is 0 Å². The van der Waals surface area contributed by atoms with Crippen molar-refractivity contribution in [2.45, 2.75) is 30.4 Å². The van der Waals surface area contributed by atoms with Crippen LogP contribution in [0.2, 0.25) is 0 Å². The van der Waals surface area contributed by atoms with Crippen molar-refractivity contribution in [1.29, 1.82) is 0 Å². The van der Waals surface area contributed by atoms with Gasteiger partial charge in [-0.15, -0.1) is 0 Å². The first-order valence-electron chi connectivity index (χ1n) is 41.4. The Balaban J connectivity index is 0.589. The lowest BCUT2D eigenvalue weighted by molar-refractivity contribution is 0.724. The van der Waals surface area contributed by atoms with Crippen molar-refractivity contribution in [3.8, 4) is 135 Å². The molecule has 2 aliphatic heterocycles. The zero-order chi connectivity index (χ0) is 80.1. The SMILES string of the molecule is c1ccc(-c2cc(-c3cccc(-c4ccc5c(c4)nc(-c4ccccc4)c4cc6c(cc45)C4(c5ccccc5S6)c5ccccc5-c5ccccc54)c3)nc(-c3ccc(-c4ccc5c(c4)Sc4cc6c(-c7ccccc7)nc7cc(-c8nc(-c9ccccc9)nc(-c9ccccc9)n8)ccc7c6cc4C54c5ccccc5-c5ccccc54)cc3)n2)cc1. The second-order valence-electron chi connectivity index (χ2n) is 32.0. The molecule has 17 aromatic carbocycles. The summed E-state index contributed by atoms with van der Waals surface area (Å²) in [6.07, 6.45) is 0. The minimum absolute atomic E-state index is 0.520. The van der Waals surface area contributed by atoms with Crippen LogP contribution in [0, 0.1) is 0 Å². The summed E-state index contributed by atoms with van der Waals surface area (Å²) in [5.41, 5.74) is 31.5. The van der Waals surface area contributed by atoms with Gasteiger partial charge in [0.25, 0.3) is 0 Å². The molecule has 0 radical (unpaired) electrons. The van der Waals surface area contributed by atoms with Gasteiger partial charge in [0.2, 0.25) is 0 Å². The van der Waals surface area contributed by atoms with Crippen molar-refractivity contribution in [2.75, 3.05) is 0 Å². The molecule has 9 heteroatoms. The maximum atomic E-state index is 5.68. The Labute approximate surface area is 713 Å². The van der Waals surface area contributed by atoms with E-state index in [1.807, 2.05) is 84.2 Å². The van der Waals surface area contributed by atoms with E-state index in [1.54, 1.807) is 0 Å². The molecule has 0 saturated heterocycles. The van der Waals surface area contributed by atoms with E-state index in [1.165, 1.54) is 91.7 Å². The third kappa shape index (κ3) is 10.9. The van der Waals surface area contributed by atoms with Crippen molar-refractivity contribution < 1.29 is 0 Å². The molecule has 7 nitrogen and oxygen atoms in total. The highest BCUT2D eigenvalue weighted by atomic mass is 32.2. The summed E-state index contributed by atoms with van der Waals surface area (Å²) >= 11 is 3.73. The smallest absolute Gasteiger partial charge is 0.164 e. The van der Waals surface area contributed by atoms with Crippen molar-refractivity contribution in [3.05, 3.63) is 451 Å². The number of rotatable bonds is 10. The number of pyridine rings is 2. The molecule has 4 aliphatic rings. The molecule has 566 valence electrons. The molecule has 2 aliphatic carbocycles. The van der Waals surface area contributed by atoms with Crippen LogP contribution < -0.4 is 0 Å². The zero-order valence-corrected chi connectivity index (χ0v) is 67.3. The topological polar surface area (TPSA) is 90.2 Å². The molecule has 2 spiro atoms. The minimum atomic E-state index is -0.668. The molecular weight excluding hydrogens is 1520 g/mol. The number of benzene rings is 17. The van der Waals surface area contributed by atoms with E-state index >= 15 is 0 Å². The molecule has 25 rings (SSSR count). The molecule has 4 aromatic heterocycles. The second-order valence-corrected chi connectivity index (χ2v) is 34.2. The number of hydrogen-bond acceptors (Lipinski definition) is 9. The molecule has 0 fully saturated rings. The van der Waals surface area contributed by atoms with E-state index in [0.717, 1.165) is 128 Å². The quantitative estimate of drug-likeness (QED) is 0.124. The van der Waals surface area contributed by atoms with Gasteiger partial charge in [0.15, 0.2) is 23.3 Å². The molecule has 6 heterocycles. The normalized spacial score (nSPS) is 13.3. The first kappa shape index (κ1) is 69.9. The highest BCUT2D eigenvalue weighted by Gasteiger charge is 2.52. The molecule has 0 saturated carbocycles. The third-order valence-corrected chi connectivity index (χ3v) is 27.7. The van der Waals surface area contributed by atoms with E-state index in [9.17, 15) is 0 Å². The predicted molar refractivity (Wildman–Crippen MR) is 498 cm³/mol. The molecular formula is C113H67N7S2. The number of hydrogen-bond donors (Lipinski definition) is 0. The van der Waals surface area contributed by atoms with Gasteiger partial charge in [0.05, 0.1) is 44.6 Å². The summed E-state index contributed by atoms with van der Waals surface area (Å²) < 4.78 is 0. The van der Waals surface area contributed by atoms with Crippen LogP contribution in [-0.2, 0) is 10.8 Å². The van der Waals surface area contributed by atoms with Crippen LogP contribution in [0.4, 0.5) is 0 Å².